The van der Waals surface area contributed by atoms with Crippen molar-refractivity contribution in [3.05, 3.63) is 0 Å². The van der Waals surface area contributed by atoms with Crippen molar-refractivity contribution < 1.29 is 208 Å². The Kier molecular flexibility index (Phi) is 32.3. The van der Waals surface area contributed by atoms with Crippen molar-refractivity contribution in [1.82, 2.24) is 5.32 Å². The van der Waals surface area contributed by atoms with Gasteiger partial charge in [-0.15, -0.1) is 0 Å². The lowest BCUT2D eigenvalue weighted by Crippen LogP contribution is -2.64. The first kappa shape index (κ1) is 87.7. The van der Waals surface area contributed by atoms with Crippen molar-refractivity contribution in [2.45, 2.75) is 260 Å². The molecule has 0 radical (unpaired) electrons. The number of rotatable bonds is 30. The second kappa shape index (κ2) is 38.3. The van der Waals surface area contributed by atoms with Crippen LogP contribution in [0.1, 0.15) is 57.8 Å². The van der Waals surface area contributed by atoms with Crippen molar-refractivity contribution in [3.63, 3.8) is 0 Å². The van der Waals surface area contributed by atoms with E-state index in [1.807, 2.05) is 0 Å². The van der Waals surface area contributed by atoms with Crippen LogP contribution in [0.3, 0.4) is 0 Å². The summed E-state index contributed by atoms with van der Waals surface area (Å²) >= 11 is 0. The SMILES string of the molecule is CNC(=O)C1OC(CC2C(C(=O)[O-])OC(OC)C(O)C2O)C(O)C(O)C1CC1OC(C(=O)[O-])C(CCC2OC(C(=O)[O-])C(OC)C(O)C2O)C(O)C1O.COC(O)C(O)C(O)C(CC=O)CC1OC(C(=O)O)C(CC2OC(C(=O)[O-])C(CCC3OC(C(=O)[O-])C(OC)C(O)C3O)C(O)C2O)C(O)C1O. The van der Waals surface area contributed by atoms with Gasteiger partial charge in [-0.05, 0) is 57.3 Å². The van der Waals surface area contributed by atoms with Crippen LogP contribution in [0.4, 0.5) is 0 Å². The Balaban J connectivity index is 0.000000327. The third kappa shape index (κ3) is 19.5. The van der Waals surface area contributed by atoms with E-state index < -0.39 is 324 Å². The molecule has 43 heteroatoms. The second-order valence-electron chi connectivity index (χ2n) is 26.7. The van der Waals surface area contributed by atoms with Crippen molar-refractivity contribution >= 4 is 48.0 Å². The molecule has 0 aromatic rings. The minimum Gasteiger partial charge on any atom is -0.547 e. The Bertz CT molecular complexity index is 2830. The molecule has 39 atom stereocenters. The minimum absolute atomic E-state index is 0.353. The van der Waals surface area contributed by atoms with Crippen LogP contribution in [0.5, 0.6) is 0 Å². The summed E-state index contributed by atoms with van der Waals surface area (Å²) < 4.78 is 57.6. The van der Waals surface area contributed by atoms with Gasteiger partial charge in [-0.3, -0.25) is 4.79 Å². The maximum Gasteiger partial charge on any atom is 0.333 e. The molecule has 7 aliphatic rings. The normalized spacial score (nSPS) is 43.8. The molecule has 7 fully saturated rings. The quantitative estimate of drug-likeness (QED) is 0.0235. The van der Waals surface area contributed by atoms with E-state index in [0.29, 0.717) is 6.29 Å². The smallest absolute Gasteiger partial charge is 0.333 e. The lowest BCUT2D eigenvalue weighted by molar-refractivity contribution is -0.345. The number of nitrogens with one attached hydrogen (secondary N) is 1. The van der Waals surface area contributed by atoms with E-state index in [9.17, 15) is 156 Å². The molecule has 7 rings (SSSR count). The maximum absolute atomic E-state index is 13.0. The molecule has 598 valence electrons. The molecule has 43 nitrogen and oxygen atoms in total. The van der Waals surface area contributed by atoms with E-state index in [4.69, 9.17) is 47.4 Å². The van der Waals surface area contributed by atoms with Crippen LogP contribution in [0.2, 0.25) is 0 Å². The number of aliphatic hydroxyl groups excluding tert-OH is 17. The summed E-state index contributed by atoms with van der Waals surface area (Å²) in [6.45, 7) is 0. The predicted octanol–water partition coefficient (Wildman–Crippen LogP) is -18.3. The summed E-state index contributed by atoms with van der Waals surface area (Å²) in [4.78, 5) is 96.0. The Morgan fingerprint density at radius 2 is 0.721 bits per heavy atom. The first-order chi connectivity index (χ1) is 48.8. The van der Waals surface area contributed by atoms with Crippen LogP contribution in [-0.4, -0.2) is 377 Å². The van der Waals surface area contributed by atoms with Crippen molar-refractivity contribution in [2.24, 2.45) is 35.5 Å². The molecule has 0 bridgehead atoms. The first-order valence-corrected chi connectivity index (χ1v) is 33.0. The van der Waals surface area contributed by atoms with Crippen LogP contribution < -0.4 is 30.8 Å². The average Bonchev–Trinajstić information content (AvgIpc) is 0.792. The van der Waals surface area contributed by atoms with Gasteiger partial charge in [-0.1, -0.05) is 0 Å². The fourth-order valence-corrected chi connectivity index (χ4v) is 14.9. The third-order valence-corrected chi connectivity index (χ3v) is 20.7. The van der Waals surface area contributed by atoms with E-state index in [2.05, 4.69) is 10.1 Å². The lowest BCUT2D eigenvalue weighted by atomic mass is 9.75. The number of aliphatic carboxylic acids is 6. The fourth-order valence-electron chi connectivity index (χ4n) is 14.9. The van der Waals surface area contributed by atoms with Gasteiger partial charge in [-0.25, -0.2) is 4.79 Å². The number of hydrogen-bond donors (Lipinski definition) is 19. The molecule has 0 aromatic heterocycles. The molecule has 0 aliphatic carbocycles. The number of amides is 1. The molecule has 0 aromatic carbocycles. The van der Waals surface area contributed by atoms with Gasteiger partial charge in [0.25, 0.3) is 0 Å². The Hall–Kier alpha value is -5.16. The zero-order valence-corrected chi connectivity index (χ0v) is 56.3. The van der Waals surface area contributed by atoms with Crippen molar-refractivity contribution in [3.8, 4) is 0 Å². The summed E-state index contributed by atoms with van der Waals surface area (Å²) in [6, 6.07) is 0. The molecular weight excluding hydrogens is 1420 g/mol. The number of methoxy groups -OCH3 is 4. The highest BCUT2D eigenvalue weighted by molar-refractivity contribution is 5.81. The number of carboxylic acid groups (broad SMARTS) is 6. The van der Waals surface area contributed by atoms with E-state index >= 15 is 0 Å². The van der Waals surface area contributed by atoms with Gasteiger partial charge in [0.05, 0.1) is 103 Å². The Labute approximate surface area is 590 Å². The van der Waals surface area contributed by atoms with Crippen LogP contribution in [0.25, 0.3) is 0 Å². The number of aldehydes is 1. The monoisotopic (exact) mass is 1510 g/mol. The zero-order chi connectivity index (χ0) is 78.1. The van der Waals surface area contributed by atoms with Gasteiger partial charge < -0.3 is 204 Å². The van der Waals surface area contributed by atoms with Crippen molar-refractivity contribution in [2.75, 3.05) is 35.5 Å². The number of carbonyl (C=O) groups is 8. The van der Waals surface area contributed by atoms with Gasteiger partial charge in [0.1, 0.15) is 116 Å². The van der Waals surface area contributed by atoms with Crippen LogP contribution in [0, 0.1) is 35.5 Å². The first-order valence-electron chi connectivity index (χ1n) is 33.0. The van der Waals surface area contributed by atoms with E-state index in [-0.39, 0.29) is 12.8 Å². The van der Waals surface area contributed by atoms with E-state index in [1.54, 1.807) is 0 Å². The molecule has 19 N–H and O–H groups in total. The largest absolute Gasteiger partial charge is 0.547 e. The summed E-state index contributed by atoms with van der Waals surface area (Å²) in [7, 11) is 5.45. The third-order valence-electron chi connectivity index (χ3n) is 20.7. The van der Waals surface area contributed by atoms with Gasteiger partial charge in [-0.2, -0.15) is 0 Å². The molecule has 39 unspecified atom stereocenters. The number of hydrogen-bond acceptors (Lipinski definition) is 41. The van der Waals surface area contributed by atoms with Crippen LogP contribution in [-0.2, 0) is 90.5 Å². The highest BCUT2D eigenvalue weighted by Gasteiger charge is 2.57. The average molecular weight is 1510 g/mol. The Morgan fingerprint density at radius 1 is 0.394 bits per heavy atom. The molecule has 7 heterocycles. The molecule has 0 spiro atoms. The second-order valence-corrected chi connectivity index (χ2v) is 26.7. The maximum atomic E-state index is 13.0. The molecular formula is C61H92NO42-5. The van der Waals surface area contributed by atoms with E-state index in [1.165, 1.54) is 7.05 Å². The number of aliphatic hydroxyl groups is 17. The van der Waals surface area contributed by atoms with Gasteiger partial charge >= 0.3 is 5.97 Å². The highest BCUT2D eigenvalue weighted by Crippen LogP contribution is 2.43. The molecule has 1 amide bonds. The number of ether oxygens (including phenoxy) is 11. The summed E-state index contributed by atoms with van der Waals surface area (Å²) in [5.41, 5.74) is 0. The summed E-state index contributed by atoms with van der Waals surface area (Å²) in [5, 5.41) is 253. The molecule has 7 saturated heterocycles. The van der Waals surface area contributed by atoms with Crippen LogP contribution >= 0.6 is 0 Å². The Morgan fingerprint density at radius 3 is 1.08 bits per heavy atom. The number of likely N-dealkylation sites (N-methyl/N-ethyl adjacent to an activating group) is 1. The van der Waals surface area contributed by atoms with Gasteiger partial charge in [0.2, 0.25) is 5.91 Å². The number of carboxylic acids is 6. The van der Waals surface area contributed by atoms with Crippen molar-refractivity contribution in [1.29, 1.82) is 0 Å². The molecule has 0 saturated carbocycles. The lowest BCUT2D eigenvalue weighted by Gasteiger charge is -2.49. The van der Waals surface area contributed by atoms with Gasteiger partial charge in [0, 0.05) is 71.5 Å². The fraction of sp³-hybridized carbons (Fsp3) is 0.869. The minimum atomic E-state index is -2.00. The summed E-state index contributed by atoms with van der Waals surface area (Å²) in [5.74, 6) is -20.4. The summed E-state index contributed by atoms with van der Waals surface area (Å²) in [6.07, 6.45) is -62.7. The van der Waals surface area contributed by atoms with Gasteiger partial charge in [0.15, 0.2) is 18.7 Å². The number of carbonyl (C=O) groups excluding carboxylic acids is 7. The molecule has 7 aliphatic heterocycles. The standard InChI is InChI=1S/C31H49NO21.C30H48O21/c1-32-27(41)22-9(15(34)19(38)12(51-22)7-10-16(35)21(40)31(49-3)53-24(10)29(44)45)6-13-18(37)14(33)8(23(52-13)28(42)43)4-5-11-17(36)20(39)25(48-2)26(50-11)30(46)47;1-47-25-21(38)18(35)12(49-26(25)29(44)45)4-3-10-16(33)20(37)14(51-23(10)27(40)41)8-11-17(34)19(36)13(50-24(11)28(42)43)7-9(5-6-31)15(32)22(39)30(46)48-2/h8-26,31,33-40H,4-7H2,1-3H3,(H,32,41)(H,42,43)(H,44,45)(H,46,47);6,9-26,30,32-39,46H,3-5,7-8H2,1-2H3,(H,40,41)(H,42,43)(H,44,45)/p-5. The topological polar surface area (TPSA) is 730 Å². The molecule has 104 heavy (non-hydrogen) atoms. The predicted molar refractivity (Wildman–Crippen MR) is 314 cm³/mol. The van der Waals surface area contributed by atoms with E-state index in [0.717, 1.165) is 28.4 Å². The highest BCUT2D eigenvalue weighted by atomic mass is 16.7. The van der Waals surface area contributed by atoms with Crippen LogP contribution in [0.15, 0.2) is 0 Å². The zero-order valence-electron chi connectivity index (χ0n) is 56.3.